The highest BCUT2D eigenvalue weighted by molar-refractivity contribution is 6.39. The van der Waals surface area contributed by atoms with Gasteiger partial charge in [-0.15, -0.1) is 0 Å². The second-order valence-electron chi connectivity index (χ2n) is 9.39. The maximum atomic E-state index is 13.0. The number of benzene rings is 3. The summed E-state index contributed by atoms with van der Waals surface area (Å²) in [6.07, 6.45) is 1.92. The molecule has 0 saturated carbocycles. The molecule has 3 heteroatoms. The zero-order chi connectivity index (χ0) is 24.8. The largest absolute Gasteiger partial charge is 0.295 e. The van der Waals surface area contributed by atoms with E-state index in [0.29, 0.717) is 22.3 Å². The minimum absolute atomic E-state index is 0.0278. The minimum atomic E-state index is -0.0337. The lowest BCUT2D eigenvalue weighted by Gasteiger charge is -2.23. The molecular weight excluding hydrogens is 430 g/mol. The third-order valence-corrected chi connectivity index (χ3v) is 6.84. The van der Waals surface area contributed by atoms with Gasteiger partial charge in [-0.05, 0) is 62.4 Å². The van der Waals surface area contributed by atoms with Crippen molar-refractivity contribution in [3.8, 4) is 0 Å². The summed E-state index contributed by atoms with van der Waals surface area (Å²) < 4.78 is 0. The van der Waals surface area contributed by atoms with Crippen LogP contribution >= 0.6 is 0 Å². The Balaban J connectivity index is 1.46. The fraction of sp³-hybridized carbons (Fsp3) is 0.250. The Morgan fingerprint density at radius 2 is 1.14 bits per heavy atom. The molecule has 3 nitrogen and oxygen atoms in total. The van der Waals surface area contributed by atoms with Gasteiger partial charge < -0.3 is 0 Å². The van der Waals surface area contributed by atoms with Crippen molar-refractivity contribution in [3.63, 3.8) is 0 Å². The number of nitrogens with zero attached hydrogens (tertiary/aromatic N) is 1. The van der Waals surface area contributed by atoms with Gasteiger partial charge >= 0.3 is 0 Å². The van der Waals surface area contributed by atoms with E-state index >= 15 is 0 Å². The second kappa shape index (κ2) is 11.2. The average Bonchev–Trinajstić information content (AvgIpc) is 2.88. The van der Waals surface area contributed by atoms with E-state index in [-0.39, 0.29) is 11.6 Å². The lowest BCUT2D eigenvalue weighted by molar-refractivity contribution is -0.115. The molecule has 0 bridgehead atoms. The topological polar surface area (TPSA) is 37.4 Å². The molecule has 0 radical (unpaired) electrons. The predicted molar refractivity (Wildman–Crippen MR) is 143 cm³/mol. The number of hydrogen-bond donors (Lipinski definition) is 0. The highest BCUT2D eigenvalue weighted by atomic mass is 16.1. The lowest BCUT2D eigenvalue weighted by Crippen LogP contribution is -2.24. The van der Waals surface area contributed by atoms with Crippen molar-refractivity contribution in [1.29, 1.82) is 0 Å². The van der Waals surface area contributed by atoms with Gasteiger partial charge in [0.05, 0.1) is 0 Å². The standard InChI is InChI=1S/C32H33NO2/c1-23-24(2)32(35)30(25(3)31(23)34)29-18-10-16-26(20-29)17-11-19-33(21-27-12-6-4-7-13-27)22-28-14-8-5-9-15-28/h4-10,12-16,18,20H,11,17,19,21-22H2,1-3H3. The van der Waals surface area contributed by atoms with E-state index in [1.54, 1.807) is 20.8 Å². The summed E-state index contributed by atoms with van der Waals surface area (Å²) in [5.41, 5.74) is 6.87. The van der Waals surface area contributed by atoms with E-state index in [9.17, 15) is 9.59 Å². The van der Waals surface area contributed by atoms with Crippen molar-refractivity contribution in [3.05, 3.63) is 124 Å². The van der Waals surface area contributed by atoms with E-state index < -0.39 is 0 Å². The van der Waals surface area contributed by atoms with Crippen LogP contribution in [0.15, 0.2) is 102 Å². The maximum Gasteiger partial charge on any atom is 0.190 e. The van der Waals surface area contributed by atoms with Crippen molar-refractivity contribution < 1.29 is 9.59 Å². The first kappa shape index (κ1) is 24.6. The minimum Gasteiger partial charge on any atom is -0.295 e. The van der Waals surface area contributed by atoms with Crippen LogP contribution in [0.5, 0.6) is 0 Å². The molecule has 0 amide bonds. The SMILES string of the molecule is CC1=C(C)C(=O)C(c2cccc(CCCN(Cc3ccccc3)Cc3ccccc3)c2)=C(C)C1=O. The van der Waals surface area contributed by atoms with Gasteiger partial charge in [-0.2, -0.15) is 0 Å². The fourth-order valence-electron chi connectivity index (χ4n) is 4.73. The highest BCUT2D eigenvalue weighted by Gasteiger charge is 2.28. The number of hydrogen-bond acceptors (Lipinski definition) is 3. The first-order valence-corrected chi connectivity index (χ1v) is 12.3. The molecule has 1 aliphatic carbocycles. The Hall–Kier alpha value is -3.56. The molecule has 178 valence electrons. The van der Waals surface area contributed by atoms with E-state index in [2.05, 4.69) is 77.7 Å². The molecule has 0 spiro atoms. The van der Waals surface area contributed by atoms with E-state index in [0.717, 1.165) is 38.0 Å². The second-order valence-corrected chi connectivity index (χ2v) is 9.39. The van der Waals surface area contributed by atoms with Gasteiger partial charge in [0.2, 0.25) is 0 Å². The van der Waals surface area contributed by atoms with Crippen LogP contribution in [0.25, 0.3) is 5.57 Å². The smallest absolute Gasteiger partial charge is 0.190 e. The maximum absolute atomic E-state index is 13.0. The number of carbonyl (C=O) groups excluding carboxylic acids is 2. The molecule has 3 aromatic carbocycles. The van der Waals surface area contributed by atoms with Gasteiger partial charge in [0.25, 0.3) is 0 Å². The Morgan fingerprint density at radius 3 is 1.74 bits per heavy atom. The quantitative estimate of drug-likeness (QED) is 0.336. The molecule has 0 saturated heterocycles. The number of Topliss-reactive ketones (excluding diaryl/α,β-unsaturated/α-hetero) is 2. The Labute approximate surface area is 208 Å². The van der Waals surface area contributed by atoms with E-state index in [1.165, 1.54) is 16.7 Å². The predicted octanol–water partition coefficient (Wildman–Crippen LogP) is 6.58. The molecule has 0 N–H and O–H groups in total. The molecule has 0 aliphatic heterocycles. The number of rotatable bonds is 9. The Kier molecular flexibility index (Phi) is 7.89. The first-order chi connectivity index (χ1) is 16.9. The third-order valence-electron chi connectivity index (χ3n) is 6.84. The summed E-state index contributed by atoms with van der Waals surface area (Å²) in [7, 11) is 0. The molecule has 0 aromatic heterocycles. The number of carbonyl (C=O) groups is 2. The van der Waals surface area contributed by atoms with Gasteiger partial charge in [-0.1, -0.05) is 84.9 Å². The van der Waals surface area contributed by atoms with Gasteiger partial charge in [0.15, 0.2) is 11.6 Å². The summed E-state index contributed by atoms with van der Waals surface area (Å²) in [6.45, 7) is 8.03. The summed E-state index contributed by atoms with van der Waals surface area (Å²) in [5, 5.41) is 0. The molecule has 0 heterocycles. The third kappa shape index (κ3) is 5.93. The van der Waals surface area contributed by atoms with Crippen LogP contribution < -0.4 is 0 Å². The average molecular weight is 464 g/mol. The first-order valence-electron chi connectivity index (χ1n) is 12.3. The molecule has 1 aliphatic rings. The summed E-state index contributed by atoms with van der Waals surface area (Å²) in [6, 6.07) is 29.3. The van der Waals surface area contributed by atoms with Crippen molar-refractivity contribution in [2.45, 2.75) is 46.7 Å². The normalized spacial score (nSPS) is 14.3. The fourth-order valence-corrected chi connectivity index (χ4v) is 4.73. The molecule has 3 aromatic rings. The number of ketones is 2. The van der Waals surface area contributed by atoms with Gasteiger partial charge in [-0.25, -0.2) is 0 Å². The Morgan fingerprint density at radius 1 is 0.600 bits per heavy atom. The van der Waals surface area contributed by atoms with Crippen LogP contribution in [0, 0.1) is 0 Å². The molecule has 0 fully saturated rings. The van der Waals surface area contributed by atoms with Crippen molar-refractivity contribution in [1.82, 2.24) is 4.90 Å². The summed E-state index contributed by atoms with van der Waals surface area (Å²) >= 11 is 0. The van der Waals surface area contributed by atoms with Gasteiger partial charge in [0, 0.05) is 35.4 Å². The molecular formula is C32H33NO2. The molecule has 0 unspecified atom stereocenters. The number of allylic oxidation sites excluding steroid dienone is 4. The van der Waals surface area contributed by atoms with Crippen LogP contribution in [0.2, 0.25) is 0 Å². The molecule has 4 rings (SSSR count). The van der Waals surface area contributed by atoms with E-state index in [1.807, 2.05) is 12.1 Å². The van der Waals surface area contributed by atoms with Gasteiger partial charge in [0.1, 0.15) is 0 Å². The number of aryl methyl sites for hydroxylation is 1. The van der Waals surface area contributed by atoms with Crippen LogP contribution in [-0.2, 0) is 29.1 Å². The monoisotopic (exact) mass is 463 g/mol. The summed E-state index contributed by atoms with van der Waals surface area (Å²) in [4.78, 5) is 28.1. The zero-order valence-electron chi connectivity index (χ0n) is 20.9. The lowest BCUT2D eigenvalue weighted by atomic mass is 9.82. The van der Waals surface area contributed by atoms with Crippen LogP contribution in [0.3, 0.4) is 0 Å². The van der Waals surface area contributed by atoms with Crippen molar-refractivity contribution >= 4 is 17.1 Å². The van der Waals surface area contributed by atoms with E-state index in [4.69, 9.17) is 0 Å². The summed E-state index contributed by atoms with van der Waals surface area (Å²) in [5.74, 6) is -0.0615. The zero-order valence-corrected chi connectivity index (χ0v) is 20.9. The van der Waals surface area contributed by atoms with Crippen LogP contribution in [-0.4, -0.2) is 23.0 Å². The molecule has 35 heavy (non-hydrogen) atoms. The van der Waals surface area contributed by atoms with Crippen LogP contribution in [0.1, 0.15) is 49.4 Å². The van der Waals surface area contributed by atoms with Crippen molar-refractivity contribution in [2.75, 3.05) is 6.54 Å². The van der Waals surface area contributed by atoms with Crippen molar-refractivity contribution in [2.24, 2.45) is 0 Å². The van der Waals surface area contributed by atoms with Crippen LogP contribution in [0.4, 0.5) is 0 Å². The molecule has 0 atom stereocenters. The Bertz CT molecular complexity index is 1230. The van der Waals surface area contributed by atoms with Gasteiger partial charge in [-0.3, -0.25) is 14.5 Å². The highest BCUT2D eigenvalue weighted by Crippen LogP contribution is 2.31.